The van der Waals surface area contributed by atoms with Crippen LogP contribution in [0.5, 0.6) is 0 Å². The van der Waals surface area contributed by atoms with E-state index in [1.807, 2.05) is 0 Å². The Morgan fingerprint density at radius 1 is 1.32 bits per heavy atom. The van der Waals surface area contributed by atoms with Crippen molar-refractivity contribution in [2.75, 3.05) is 11.9 Å². The van der Waals surface area contributed by atoms with E-state index < -0.39 is 0 Å². The molecule has 1 aromatic carbocycles. The van der Waals surface area contributed by atoms with Gasteiger partial charge in [-0.2, -0.15) is 0 Å². The van der Waals surface area contributed by atoms with Gasteiger partial charge in [0.15, 0.2) is 0 Å². The van der Waals surface area contributed by atoms with E-state index in [0.29, 0.717) is 11.0 Å². The summed E-state index contributed by atoms with van der Waals surface area (Å²) in [5, 5.41) is 3.43. The summed E-state index contributed by atoms with van der Waals surface area (Å²) in [5.41, 5.74) is 6.66. The normalized spacial score (nSPS) is 14.2. The Hall–Kier alpha value is -0.610. The number of hydrogen-bond acceptors (Lipinski definition) is 2. The molecule has 0 amide bonds. The summed E-state index contributed by atoms with van der Waals surface area (Å²) < 4.78 is 13.7. The molecule has 0 aliphatic rings. The average molecular weight is 331 g/mol. The third kappa shape index (κ3) is 5.49. The molecule has 0 spiro atoms. The van der Waals surface area contributed by atoms with E-state index in [2.05, 4.69) is 35.1 Å². The molecule has 0 aliphatic heterocycles. The standard InChI is InChI=1S/C15H24BrFN2/c1-3-4-5-6-9-15(2,11-18)19-12-7-8-14(17)13(16)10-12/h7-8,10,19H,3-6,9,11,18H2,1-2H3. The van der Waals surface area contributed by atoms with E-state index >= 15 is 0 Å². The molecule has 0 radical (unpaired) electrons. The predicted molar refractivity (Wildman–Crippen MR) is 83.9 cm³/mol. The Balaban J connectivity index is 2.60. The Labute approximate surface area is 124 Å². The van der Waals surface area contributed by atoms with Gasteiger partial charge in [0.05, 0.1) is 4.47 Å². The number of rotatable bonds is 8. The zero-order chi connectivity index (χ0) is 14.3. The molecule has 0 fully saturated rings. The SMILES string of the molecule is CCCCCCC(C)(CN)Nc1ccc(F)c(Br)c1. The van der Waals surface area contributed by atoms with Gasteiger partial charge >= 0.3 is 0 Å². The van der Waals surface area contributed by atoms with Crippen molar-refractivity contribution >= 4 is 21.6 Å². The molecule has 0 saturated carbocycles. The molecule has 1 unspecified atom stereocenters. The van der Waals surface area contributed by atoms with Crippen LogP contribution in [0.4, 0.5) is 10.1 Å². The van der Waals surface area contributed by atoms with Gasteiger partial charge in [0, 0.05) is 17.8 Å². The molecule has 1 rings (SSSR count). The smallest absolute Gasteiger partial charge is 0.137 e. The minimum Gasteiger partial charge on any atom is -0.379 e. The van der Waals surface area contributed by atoms with Gasteiger partial charge in [-0.25, -0.2) is 4.39 Å². The molecule has 19 heavy (non-hydrogen) atoms. The molecular formula is C15H24BrFN2. The van der Waals surface area contributed by atoms with E-state index in [1.165, 1.54) is 25.3 Å². The van der Waals surface area contributed by atoms with Crippen molar-refractivity contribution in [1.82, 2.24) is 0 Å². The molecule has 108 valence electrons. The fourth-order valence-corrected chi connectivity index (χ4v) is 2.46. The topological polar surface area (TPSA) is 38.0 Å². The van der Waals surface area contributed by atoms with Crippen LogP contribution in [0.2, 0.25) is 0 Å². The van der Waals surface area contributed by atoms with Crippen molar-refractivity contribution in [2.45, 2.75) is 51.5 Å². The van der Waals surface area contributed by atoms with Crippen molar-refractivity contribution < 1.29 is 4.39 Å². The van der Waals surface area contributed by atoms with Gasteiger partial charge in [-0.05, 0) is 47.5 Å². The zero-order valence-corrected chi connectivity index (χ0v) is 13.4. The highest BCUT2D eigenvalue weighted by molar-refractivity contribution is 9.10. The number of unbranched alkanes of at least 4 members (excludes halogenated alkanes) is 3. The van der Waals surface area contributed by atoms with Crippen LogP contribution in [0, 0.1) is 5.82 Å². The van der Waals surface area contributed by atoms with Crippen molar-refractivity contribution in [3.63, 3.8) is 0 Å². The van der Waals surface area contributed by atoms with Gasteiger partial charge in [0.2, 0.25) is 0 Å². The van der Waals surface area contributed by atoms with Gasteiger partial charge in [-0.1, -0.05) is 32.6 Å². The number of benzene rings is 1. The zero-order valence-electron chi connectivity index (χ0n) is 11.8. The van der Waals surface area contributed by atoms with Crippen LogP contribution in [0.25, 0.3) is 0 Å². The number of nitrogens with two attached hydrogens (primary N) is 1. The maximum absolute atomic E-state index is 13.2. The first-order valence-corrected chi connectivity index (χ1v) is 7.73. The number of halogens is 2. The van der Waals surface area contributed by atoms with Crippen molar-refractivity contribution in [2.24, 2.45) is 5.73 Å². The molecule has 1 aromatic rings. The lowest BCUT2D eigenvalue weighted by Gasteiger charge is -2.31. The van der Waals surface area contributed by atoms with Crippen molar-refractivity contribution in [1.29, 1.82) is 0 Å². The first kappa shape index (κ1) is 16.4. The molecule has 2 nitrogen and oxygen atoms in total. The quantitative estimate of drug-likeness (QED) is 0.678. The lowest BCUT2D eigenvalue weighted by atomic mass is 9.93. The Morgan fingerprint density at radius 2 is 2.05 bits per heavy atom. The maximum Gasteiger partial charge on any atom is 0.137 e. The molecule has 0 heterocycles. The first-order valence-electron chi connectivity index (χ1n) is 6.94. The third-order valence-electron chi connectivity index (χ3n) is 3.40. The van der Waals surface area contributed by atoms with E-state index in [-0.39, 0.29) is 11.4 Å². The van der Waals surface area contributed by atoms with Crippen LogP contribution in [0.1, 0.15) is 46.0 Å². The summed E-state index contributed by atoms with van der Waals surface area (Å²) in [6.45, 7) is 4.89. The molecular weight excluding hydrogens is 307 g/mol. The van der Waals surface area contributed by atoms with E-state index in [4.69, 9.17) is 5.73 Å². The Kier molecular flexibility index (Phi) is 6.80. The highest BCUT2D eigenvalue weighted by Crippen LogP contribution is 2.25. The molecule has 1 atom stereocenters. The fraction of sp³-hybridized carbons (Fsp3) is 0.600. The van der Waals surface area contributed by atoms with Crippen LogP contribution < -0.4 is 11.1 Å². The Morgan fingerprint density at radius 3 is 2.63 bits per heavy atom. The second-order valence-electron chi connectivity index (χ2n) is 5.33. The van der Waals surface area contributed by atoms with Crippen LogP contribution in [0.3, 0.4) is 0 Å². The van der Waals surface area contributed by atoms with Crippen LogP contribution in [-0.4, -0.2) is 12.1 Å². The summed E-state index contributed by atoms with van der Waals surface area (Å²) >= 11 is 3.20. The maximum atomic E-state index is 13.2. The lowest BCUT2D eigenvalue weighted by molar-refractivity contribution is 0.451. The molecule has 0 aliphatic carbocycles. The summed E-state index contributed by atoms with van der Waals surface area (Å²) in [7, 11) is 0. The highest BCUT2D eigenvalue weighted by atomic mass is 79.9. The monoisotopic (exact) mass is 330 g/mol. The molecule has 0 aromatic heterocycles. The first-order chi connectivity index (χ1) is 9.00. The molecule has 3 N–H and O–H groups in total. The lowest BCUT2D eigenvalue weighted by Crippen LogP contribution is -2.42. The van der Waals surface area contributed by atoms with Gasteiger partial charge in [-0.3, -0.25) is 0 Å². The second-order valence-corrected chi connectivity index (χ2v) is 6.18. The minimum atomic E-state index is -0.247. The Bertz CT molecular complexity index is 398. The number of hydrogen-bond donors (Lipinski definition) is 2. The summed E-state index contributed by atoms with van der Waals surface area (Å²) in [6.07, 6.45) is 5.93. The summed E-state index contributed by atoms with van der Waals surface area (Å²) in [4.78, 5) is 0. The number of anilines is 1. The average Bonchev–Trinajstić information content (AvgIpc) is 2.39. The van der Waals surface area contributed by atoms with E-state index in [0.717, 1.165) is 18.5 Å². The largest absolute Gasteiger partial charge is 0.379 e. The summed E-state index contributed by atoms with van der Waals surface area (Å²) in [6, 6.07) is 4.97. The van der Waals surface area contributed by atoms with E-state index in [1.54, 1.807) is 12.1 Å². The predicted octanol–water partition coefficient (Wildman–Crippen LogP) is 4.69. The van der Waals surface area contributed by atoms with Crippen LogP contribution in [-0.2, 0) is 0 Å². The van der Waals surface area contributed by atoms with Crippen LogP contribution in [0.15, 0.2) is 22.7 Å². The molecule has 4 heteroatoms. The summed E-state index contributed by atoms with van der Waals surface area (Å²) in [5.74, 6) is -0.247. The van der Waals surface area contributed by atoms with Crippen molar-refractivity contribution in [3.05, 3.63) is 28.5 Å². The highest BCUT2D eigenvalue weighted by Gasteiger charge is 2.21. The van der Waals surface area contributed by atoms with Crippen molar-refractivity contribution in [3.8, 4) is 0 Å². The van der Waals surface area contributed by atoms with Gasteiger partial charge < -0.3 is 11.1 Å². The fourth-order valence-electron chi connectivity index (χ4n) is 2.08. The second kappa shape index (κ2) is 7.85. The minimum absolute atomic E-state index is 0.134. The number of nitrogens with one attached hydrogen (secondary N) is 1. The van der Waals surface area contributed by atoms with Gasteiger partial charge in [0.1, 0.15) is 5.82 Å². The molecule has 0 bridgehead atoms. The van der Waals surface area contributed by atoms with E-state index in [9.17, 15) is 4.39 Å². The van der Waals surface area contributed by atoms with Gasteiger partial charge in [-0.15, -0.1) is 0 Å². The third-order valence-corrected chi connectivity index (χ3v) is 4.01. The van der Waals surface area contributed by atoms with Gasteiger partial charge in [0.25, 0.3) is 0 Å². The molecule has 0 saturated heterocycles. The van der Waals surface area contributed by atoms with Crippen LogP contribution >= 0.6 is 15.9 Å².